The van der Waals surface area contributed by atoms with Crippen LogP contribution in [0.25, 0.3) is 11.0 Å². The van der Waals surface area contributed by atoms with Crippen LogP contribution >= 0.6 is 0 Å². The lowest BCUT2D eigenvalue weighted by molar-refractivity contribution is -0.137. The lowest BCUT2D eigenvalue weighted by Gasteiger charge is -2.17. The molecule has 1 aromatic carbocycles. The summed E-state index contributed by atoms with van der Waals surface area (Å²) in [5.41, 5.74) is 1.60. The molecule has 0 unspecified atom stereocenters. The lowest BCUT2D eigenvalue weighted by atomic mass is 10.0. The Labute approximate surface area is 151 Å². The Morgan fingerprint density at radius 1 is 1.35 bits per heavy atom. The van der Waals surface area contributed by atoms with E-state index >= 15 is 0 Å². The molecule has 1 aromatic heterocycles. The summed E-state index contributed by atoms with van der Waals surface area (Å²) in [4.78, 5) is 34.3. The minimum absolute atomic E-state index is 0.0355. The van der Waals surface area contributed by atoms with E-state index in [1.807, 2.05) is 13.0 Å². The number of benzene rings is 1. The zero-order valence-corrected chi connectivity index (χ0v) is 15.1. The van der Waals surface area contributed by atoms with Crippen LogP contribution in [-0.2, 0) is 16.0 Å². The van der Waals surface area contributed by atoms with E-state index in [1.165, 1.54) is 6.07 Å². The summed E-state index contributed by atoms with van der Waals surface area (Å²) in [7, 11) is 0. The summed E-state index contributed by atoms with van der Waals surface area (Å²) < 4.78 is 11.0. The maximum atomic E-state index is 12.0. The van der Waals surface area contributed by atoms with Crippen molar-refractivity contribution in [2.24, 2.45) is 0 Å². The van der Waals surface area contributed by atoms with Crippen LogP contribution in [0.3, 0.4) is 0 Å². The van der Waals surface area contributed by atoms with Gasteiger partial charge in [0.2, 0.25) is 0 Å². The molecular weight excluding hydrogens is 338 g/mol. The zero-order valence-electron chi connectivity index (χ0n) is 15.1. The van der Waals surface area contributed by atoms with E-state index in [-0.39, 0.29) is 13.0 Å². The van der Waals surface area contributed by atoms with E-state index < -0.39 is 23.6 Å². The summed E-state index contributed by atoms with van der Waals surface area (Å²) in [6, 6.07) is 5.07. The molecule has 1 atom stereocenters. The van der Waals surface area contributed by atoms with Gasteiger partial charge in [-0.15, -0.1) is 0 Å². The highest BCUT2D eigenvalue weighted by Crippen LogP contribution is 2.29. The normalized spacial score (nSPS) is 12.0. The second kappa shape index (κ2) is 8.51. The minimum Gasteiger partial charge on any atom is -0.481 e. The molecule has 0 radical (unpaired) electrons. The van der Waals surface area contributed by atoms with Gasteiger partial charge in [-0.1, -0.05) is 13.3 Å². The number of aryl methyl sites for hydroxylation is 2. The fourth-order valence-electron chi connectivity index (χ4n) is 2.69. The van der Waals surface area contributed by atoms with Crippen molar-refractivity contribution < 1.29 is 23.8 Å². The first-order valence-electron chi connectivity index (χ1n) is 8.56. The molecule has 1 amide bonds. The van der Waals surface area contributed by atoms with Crippen molar-refractivity contribution in [2.45, 2.75) is 46.1 Å². The molecule has 0 saturated heterocycles. The molecule has 0 aliphatic heterocycles. The molecular formula is C19H23NO6. The predicted molar refractivity (Wildman–Crippen MR) is 96.6 cm³/mol. The number of carbonyl (C=O) groups excluding carboxylic acids is 1. The first-order valence-corrected chi connectivity index (χ1v) is 8.56. The van der Waals surface area contributed by atoms with Crippen LogP contribution in [-0.4, -0.2) is 29.6 Å². The van der Waals surface area contributed by atoms with E-state index in [4.69, 9.17) is 14.3 Å². The average molecular weight is 361 g/mol. The molecule has 7 nitrogen and oxygen atoms in total. The Morgan fingerprint density at radius 3 is 2.73 bits per heavy atom. The number of nitrogens with one attached hydrogen (secondary N) is 1. The Kier molecular flexibility index (Phi) is 6.38. The molecule has 140 valence electrons. The number of rotatable bonds is 8. The molecule has 0 aliphatic carbocycles. The number of carboxylic acids is 1. The van der Waals surface area contributed by atoms with Gasteiger partial charge in [0, 0.05) is 23.6 Å². The Balaban J connectivity index is 2.22. The molecule has 0 bridgehead atoms. The van der Waals surface area contributed by atoms with Crippen molar-refractivity contribution in [3.63, 3.8) is 0 Å². The smallest absolute Gasteiger partial charge is 0.336 e. The monoisotopic (exact) mass is 361 g/mol. The van der Waals surface area contributed by atoms with Crippen molar-refractivity contribution >= 4 is 22.8 Å². The van der Waals surface area contributed by atoms with E-state index in [2.05, 4.69) is 5.32 Å². The first-order chi connectivity index (χ1) is 12.3. The maximum absolute atomic E-state index is 12.0. The van der Waals surface area contributed by atoms with Crippen molar-refractivity contribution in [3.05, 3.63) is 39.7 Å². The zero-order chi connectivity index (χ0) is 19.3. The maximum Gasteiger partial charge on any atom is 0.336 e. The fourth-order valence-corrected chi connectivity index (χ4v) is 2.69. The van der Waals surface area contributed by atoms with Crippen LogP contribution < -0.4 is 15.7 Å². The van der Waals surface area contributed by atoms with Gasteiger partial charge in [0.05, 0.1) is 6.42 Å². The molecule has 2 rings (SSSR count). The topological polar surface area (TPSA) is 106 Å². The van der Waals surface area contributed by atoms with Gasteiger partial charge < -0.3 is 19.6 Å². The molecule has 0 fully saturated rings. The summed E-state index contributed by atoms with van der Waals surface area (Å²) in [6.07, 6.45) is 0.706. The summed E-state index contributed by atoms with van der Waals surface area (Å²) in [6.45, 7) is 5.41. The first kappa shape index (κ1) is 19.5. The summed E-state index contributed by atoms with van der Waals surface area (Å²) in [5.74, 6) is -0.954. The molecule has 2 N–H and O–H groups in total. The average Bonchev–Trinajstić information content (AvgIpc) is 2.57. The van der Waals surface area contributed by atoms with Gasteiger partial charge in [-0.2, -0.15) is 0 Å². The third-order valence-corrected chi connectivity index (χ3v) is 4.03. The lowest BCUT2D eigenvalue weighted by Crippen LogP contribution is -2.37. The second-order valence-corrected chi connectivity index (χ2v) is 6.10. The van der Waals surface area contributed by atoms with Gasteiger partial charge >= 0.3 is 11.6 Å². The Hall–Kier alpha value is -2.83. The van der Waals surface area contributed by atoms with Crippen LogP contribution in [0.4, 0.5) is 0 Å². The van der Waals surface area contributed by atoms with Crippen molar-refractivity contribution in [2.75, 3.05) is 6.54 Å². The van der Waals surface area contributed by atoms with Gasteiger partial charge in [-0.05, 0) is 38.0 Å². The van der Waals surface area contributed by atoms with E-state index in [0.29, 0.717) is 16.9 Å². The molecule has 0 spiro atoms. The number of carbonyl (C=O) groups is 2. The van der Waals surface area contributed by atoms with Gasteiger partial charge in [0.1, 0.15) is 11.3 Å². The van der Waals surface area contributed by atoms with Crippen molar-refractivity contribution in [1.82, 2.24) is 5.32 Å². The van der Waals surface area contributed by atoms with Gasteiger partial charge in [-0.25, -0.2) is 4.79 Å². The number of hydrogen-bond acceptors (Lipinski definition) is 5. The van der Waals surface area contributed by atoms with Crippen LogP contribution in [0, 0.1) is 6.92 Å². The highest BCUT2D eigenvalue weighted by molar-refractivity contribution is 5.85. The van der Waals surface area contributed by atoms with E-state index in [9.17, 15) is 14.4 Å². The van der Waals surface area contributed by atoms with Crippen LogP contribution in [0.15, 0.2) is 27.4 Å². The fraction of sp³-hybridized carbons (Fsp3) is 0.421. The number of ether oxygens (including phenoxy) is 1. The number of aliphatic carboxylic acids is 1. The minimum atomic E-state index is -0.984. The molecule has 0 aliphatic rings. The standard InChI is InChI=1S/C19H23NO6/c1-4-5-13-10-17(23)26-18-11(2)15(7-6-14(13)18)25-12(3)19(24)20-9-8-16(21)22/h6-7,10,12H,4-5,8-9H2,1-3H3,(H,20,24)(H,21,22)/t12-/m1/s1. The van der Waals surface area contributed by atoms with Crippen LogP contribution in [0.2, 0.25) is 0 Å². The molecule has 26 heavy (non-hydrogen) atoms. The van der Waals surface area contributed by atoms with E-state index in [1.54, 1.807) is 19.9 Å². The second-order valence-electron chi connectivity index (χ2n) is 6.10. The van der Waals surface area contributed by atoms with Gasteiger partial charge in [0.15, 0.2) is 6.10 Å². The van der Waals surface area contributed by atoms with Gasteiger partial charge in [0.25, 0.3) is 5.91 Å². The Bertz CT molecular complexity index is 870. The molecule has 0 saturated carbocycles. The number of fused-ring (bicyclic) bond motifs is 1. The number of amides is 1. The molecule has 2 aromatic rings. The number of carboxylic acid groups (broad SMARTS) is 1. The number of hydrogen-bond donors (Lipinski definition) is 2. The largest absolute Gasteiger partial charge is 0.481 e. The molecule has 7 heteroatoms. The quantitative estimate of drug-likeness (QED) is 0.700. The summed E-state index contributed by atoms with van der Waals surface area (Å²) >= 11 is 0. The predicted octanol–water partition coefficient (Wildman–Crippen LogP) is 2.41. The Morgan fingerprint density at radius 2 is 2.08 bits per heavy atom. The van der Waals surface area contributed by atoms with E-state index in [0.717, 1.165) is 23.8 Å². The summed E-state index contributed by atoms with van der Waals surface area (Å²) in [5, 5.41) is 12.0. The third-order valence-electron chi connectivity index (χ3n) is 4.03. The molecule has 1 heterocycles. The SMILES string of the molecule is CCCc1cc(=O)oc2c(C)c(O[C@H](C)C(=O)NCCC(=O)O)ccc12. The van der Waals surface area contributed by atoms with Gasteiger partial charge in [-0.3, -0.25) is 9.59 Å². The highest BCUT2D eigenvalue weighted by atomic mass is 16.5. The van der Waals surface area contributed by atoms with Crippen LogP contribution in [0.1, 0.15) is 37.8 Å². The highest BCUT2D eigenvalue weighted by Gasteiger charge is 2.18. The third kappa shape index (κ3) is 4.62. The van der Waals surface area contributed by atoms with Crippen molar-refractivity contribution in [1.29, 1.82) is 0 Å². The van der Waals surface area contributed by atoms with Crippen LogP contribution in [0.5, 0.6) is 5.75 Å². The van der Waals surface area contributed by atoms with Crippen molar-refractivity contribution in [3.8, 4) is 5.75 Å².